The molecule has 1 N–H and O–H groups in total. The highest BCUT2D eigenvalue weighted by Gasteiger charge is 2.38. The van der Waals surface area contributed by atoms with Crippen LogP contribution in [0.15, 0.2) is 4.99 Å². The van der Waals surface area contributed by atoms with Crippen LogP contribution in [0.3, 0.4) is 0 Å². The fourth-order valence-electron chi connectivity index (χ4n) is 1.90. The summed E-state index contributed by atoms with van der Waals surface area (Å²) in [7, 11) is -0.743. The van der Waals surface area contributed by atoms with E-state index in [1.807, 2.05) is 0 Å². The second kappa shape index (κ2) is 5.51. The molecule has 0 aromatic carbocycles. The van der Waals surface area contributed by atoms with Gasteiger partial charge >= 0.3 is 0 Å². The van der Waals surface area contributed by atoms with Crippen LogP contribution in [0.1, 0.15) is 12.8 Å². The molecule has 1 atom stereocenters. The van der Waals surface area contributed by atoms with Crippen LogP contribution in [-0.4, -0.2) is 52.4 Å². The molecule has 2 aliphatic rings. The zero-order chi connectivity index (χ0) is 11.4. The fourth-order valence-corrected chi connectivity index (χ4v) is 3.49. The van der Waals surface area contributed by atoms with Gasteiger partial charge in [0.25, 0.3) is 0 Å². The number of thioether (sulfide) groups is 1. The summed E-state index contributed by atoms with van der Waals surface area (Å²) < 4.78 is 16.3. The number of amidine groups is 1. The molecular formula is C10H18N2O2S2. The Balaban J connectivity index is 1.84. The largest absolute Gasteiger partial charge is 0.381 e. The van der Waals surface area contributed by atoms with Crippen molar-refractivity contribution in [2.75, 3.05) is 37.5 Å². The number of aliphatic imine (C=N–C) groups is 1. The first-order valence-corrected chi connectivity index (χ1v) is 8.25. The van der Waals surface area contributed by atoms with Crippen molar-refractivity contribution in [2.24, 2.45) is 4.99 Å². The summed E-state index contributed by atoms with van der Waals surface area (Å²) in [6, 6.07) is 0. The van der Waals surface area contributed by atoms with Gasteiger partial charge in [-0.25, -0.2) is 0 Å². The highest BCUT2D eigenvalue weighted by Crippen LogP contribution is 2.31. The van der Waals surface area contributed by atoms with Crippen molar-refractivity contribution in [3.63, 3.8) is 0 Å². The minimum Gasteiger partial charge on any atom is -0.381 e. The second-order valence-corrected chi connectivity index (χ2v) is 6.79. The van der Waals surface area contributed by atoms with Crippen LogP contribution in [0.4, 0.5) is 0 Å². The number of ether oxygens (including phenoxy) is 1. The summed E-state index contributed by atoms with van der Waals surface area (Å²) in [6.07, 6.45) is 3.85. The molecule has 6 heteroatoms. The number of rotatable bonds is 3. The molecule has 0 saturated carbocycles. The number of nitrogens with zero attached hydrogens (tertiary/aromatic N) is 1. The standard InChI is InChI=1S/C10H18N2O2S2/c1-16(13)7-4-11-9-12-10(8-15-9)2-5-14-6-3-10/h2-8H2,1H3,(H,11,12). The van der Waals surface area contributed by atoms with Crippen molar-refractivity contribution in [3.8, 4) is 0 Å². The summed E-state index contributed by atoms with van der Waals surface area (Å²) >= 11 is 1.78. The Kier molecular flexibility index (Phi) is 4.27. The van der Waals surface area contributed by atoms with Crippen LogP contribution in [0.2, 0.25) is 0 Å². The van der Waals surface area contributed by atoms with Crippen LogP contribution in [0.5, 0.6) is 0 Å². The lowest BCUT2D eigenvalue weighted by Crippen LogP contribution is -2.48. The van der Waals surface area contributed by atoms with Crippen molar-refractivity contribution in [3.05, 3.63) is 0 Å². The van der Waals surface area contributed by atoms with Crippen LogP contribution in [0.25, 0.3) is 0 Å². The van der Waals surface area contributed by atoms with E-state index in [1.54, 1.807) is 18.0 Å². The van der Waals surface area contributed by atoms with E-state index in [-0.39, 0.29) is 5.54 Å². The minimum absolute atomic E-state index is 0.215. The lowest BCUT2D eigenvalue weighted by atomic mass is 9.93. The highest BCUT2D eigenvalue weighted by atomic mass is 32.2. The van der Waals surface area contributed by atoms with Crippen molar-refractivity contribution in [1.29, 1.82) is 0 Å². The van der Waals surface area contributed by atoms with Crippen molar-refractivity contribution in [1.82, 2.24) is 5.32 Å². The number of hydrogen-bond acceptors (Lipinski definition) is 4. The normalized spacial score (nSPS) is 28.2. The van der Waals surface area contributed by atoms with Gasteiger partial charge < -0.3 is 10.1 Å². The molecule has 0 aliphatic carbocycles. The van der Waals surface area contributed by atoms with E-state index in [0.29, 0.717) is 12.3 Å². The summed E-state index contributed by atoms with van der Waals surface area (Å²) in [5.74, 6) is 1.74. The molecule has 0 radical (unpaired) electrons. The maximum Gasteiger partial charge on any atom is 0.157 e. The Hall–Kier alpha value is -0.0700. The lowest BCUT2D eigenvalue weighted by Gasteiger charge is -2.32. The third-order valence-electron chi connectivity index (χ3n) is 2.94. The highest BCUT2D eigenvalue weighted by molar-refractivity contribution is 8.14. The average Bonchev–Trinajstić information content (AvgIpc) is 2.62. The molecular weight excluding hydrogens is 244 g/mol. The van der Waals surface area contributed by atoms with Gasteiger partial charge in [0.2, 0.25) is 0 Å². The van der Waals surface area contributed by atoms with Crippen molar-refractivity contribution >= 4 is 27.7 Å². The Labute approximate surface area is 103 Å². The number of nitrogens with one attached hydrogen (secondary N) is 1. The SMILES string of the molecule is CS(=O)CCN=C1NC2(CCOCC2)CS1. The zero-order valence-electron chi connectivity index (χ0n) is 9.53. The zero-order valence-corrected chi connectivity index (χ0v) is 11.2. The summed E-state index contributed by atoms with van der Waals surface area (Å²) in [6.45, 7) is 2.35. The van der Waals surface area contributed by atoms with Gasteiger partial charge in [-0.15, -0.1) is 0 Å². The van der Waals surface area contributed by atoms with E-state index < -0.39 is 10.8 Å². The fraction of sp³-hybridized carbons (Fsp3) is 0.900. The molecule has 4 nitrogen and oxygen atoms in total. The molecule has 1 spiro atoms. The topological polar surface area (TPSA) is 50.7 Å². The molecule has 2 aliphatic heterocycles. The molecule has 0 bridgehead atoms. The third-order valence-corrected chi connectivity index (χ3v) is 4.90. The third kappa shape index (κ3) is 3.21. The Morgan fingerprint density at radius 3 is 3.00 bits per heavy atom. The summed E-state index contributed by atoms with van der Waals surface area (Å²) in [4.78, 5) is 4.45. The summed E-state index contributed by atoms with van der Waals surface area (Å²) in [5, 5.41) is 4.53. The maximum absolute atomic E-state index is 10.9. The van der Waals surface area contributed by atoms with Crippen LogP contribution >= 0.6 is 11.8 Å². The molecule has 1 unspecified atom stereocenters. The lowest BCUT2D eigenvalue weighted by molar-refractivity contribution is 0.0555. The molecule has 16 heavy (non-hydrogen) atoms. The Morgan fingerprint density at radius 1 is 1.56 bits per heavy atom. The molecule has 92 valence electrons. The van der Waals surface area contributed by atoms with Crippen molar-refractivity contribution < 1.29 is 8.95 Å². The van der Waals surface area contributed by atoms with E-state index in [0.717, 1.165) is 37.0 Å². The van der Waals surface area contributed by atoms with E-state index in [4.69, 9.17) is 4.74 Å². The molecule has 2 saturated heterocycles. The quantitative estimate of drug-likeness (QED) is 0.809. The van der Waals surface area contributed by atoms with Gasteiger partial charge in [-0.3, -0.25) is 9.20 Å². The molecule has 2 rings (SSSR count). The monoisotopic (exact) mass is 262 g/mol. The van der Waals surface area contributed by atoms with E-state index in [9.17, 15) is 4.21 Å². The number of hydrogen-bond donors (Lipinski definition) is 1. The van der Waals surface area contributed by atoms with Gasteiger partial charge in [-0.05, 0) is 12.8 Å². The van der Waals surface area contributed by atoms with Gasteiger partial charge in [0.05, 0.1) is 12.1 Å². The van der Waals surface area contributed by atoms with E-state index >= 15 is 0 Å². The van der Waals surface area contributed by atoms with Gasteiger partial charge in [-0.2, -0.15) is 0 Å². The first kappa shape index (κ1) is 12.4. The molecule has 2 heterocycles. The first-order valence-electron chi connectivity index (χ1n) is 5.53. The molecule has 2 fully saturated rings. The Bertz CT molecular complexity index is 301. The second-order valence-electron chi connectivity index (χ2n) is 4.27. The Morgan fingerprint density at radius 2 is 2.31 bits per heavy atom. The van der Waals surface area contributed by atoms with Crippen LogP contribution in [0, 0.1) is 0 Å². The molecule has 0 aromatic heterocycles. The van der Waals surface area contributed by atoms with Gasteiger partial charge in [0.1, 0.15) is 0 Å². The van der Waals surface area contributed by atoms with E-state index in [1.165, 1.54) is 0 Å². The maximum atomic E-state index is 10.9. The van der Waals surface area contributed by atoms with Crippen LogP contribution in [-0.2, 0) is 15.5 Å². The predicted molar refractivity (Wildman–Crippen MR) is 69.6 cm³/mol. The predicted octanol–water partition coefficient (Wildman–Crippen LogP) is 0.606. The molecule has 0 amide bonds. The first-order chi connectivity index (χ1) is 7.70. The molecule has 0 aromatic rings. The minimum atomic E-state index is -0.743. The van der Waals surface area contributed by atoms with Gasteiger partial charge in [0, 0.05) is 41.8 Å². The van der Waals surface area contributed by atoms with Gasteiger partial charge in [0.15, 0.2) is 5.17 Å². The van der Waals surface area contributed by atoms with Crippen molar-refractivity contribution in [2.45, 2.75) is 18.4 Å². The van der Waals surface area contributed by atoms with Crippen LogP contribution < -0.4 is 5.32 Å². The van der Waals surface area contributed by atoms with E-state index in [2.05, 4.69) is 10.3 Å². The van der Waals surface area contributed by atoms with Gasteiger partial charge in [-0.1, -0.05) is 11.8 Å². The smallest absolute Gasteiger partial charge is 0.157 e. The average molecular weight is 262 g/mol. The summed E-state index contributed by atoms with van der Waals surface area (Å²) in [5.41, 5.74) is 0.215.